The van der Waals surface area contributed by atoms with E-state index in [9.17, 15) is 0 Å². The normalized spacial score (nSPS) is 17.2. The van der Waals surface area contributed by atoms with Crippen molar-refractivity contribution in [2.24, 2.45) is 5.92 Å². The van der Waals surface area contributed by atoms with Crippen LogP contribution >= 0.6 is 11.6 Å². The Hall–Kier alpha value is -0.890. The van der Waals surface area contributed by atoms with E-state index in [1.165, 1.54) is 24.9 Å². The summed E-state index contributed by atoms with van der Waals surface area (Å²) >= 11 is 6.02. The van der Waals surface area contributed by atoms with Gasteiger partial charge in [-0.2, -0.15) is 0 Å². The number of benzene rings is 1. The topological polar surface area (TPSA) is 15.3 Å². The quantitative estimate of drug-likeness (QED) is 0.875. The van der Waals surface area contributed by atoms with Crippen LogP contribution in [-0.4, -0.2) is 20.1 Å². The first-order valence-corrected chi connectivity index (χ1v) is 6.84. The maximum Gasteiger partial charge on any atom is 0.0602 e. The second kappa shape index (κ2) is 5.63. The largest absolute Gasteiger partial charge is 0.386 e. The molecule has 0 bridgehead atoms. The van der Waals surface area contributed by atoms with Crippen molar-refractivity contribution >= 4 is 23.0 Å². The van der Waals surface area contributed by atoms with Crippen molar-refractivity contribution in [1.82, 2.24) is 0 Å². The number of nitrogens with zero attached hydrogens (tertiary/aromatic N) is 1. The van der Waals surface area contributed by atoms with Gasteiger partial charge in [0.25, 0.3) is 0 Å². The number of hydrogen-bond acceptors (Lipinski definition) is 2. The summed E-state index contributed by atoms with van der Waals surface area (Å²) in [6.45, 7) is 4.62. The summed E-state index contributed by atoms with van der Waals surface area (Å²) in [6, 6.07) is 6.10. The fraction of sp³-hybridized carbons (Fsp3) is 0.571. The minimum atomic E-state index is 0.793. The lowest BCUT2D eigenvalue weighted by molar-refractivity contribution is 0.395. The van der Waals surface area contributed by atoms with Gasteiger partial charge in [-0.25, -0.2) is 0 Å². The van der Waals surface area contributed by atoms with Gasteiger partial charge >= 0.3 is 0 Å². The standard InChI is InChI=1S/C14H21ClN2/c1-3-11-6-8-17(9-7-11)14-5-4-12(15)10-13(14)16-2/h4-5,10-11,16H,3,6-9H2,1-2H3. The molecule has 1 N–H and O–H groups in total. The molecular formula is C14H21ClN2. The predicted octanol–water partition coefficient (Wildman–Crippen LogP) is 4.01. The number of nitrogens with one attached hydrogen (secondary N) is 1. The molecule has 2 rings (SSSR count). The molecule has 0 aliphatic carbocycles. The van der Waals surface area contributed by atoms with Crippen LogP contribution in [0.5, 0.6) is 0 Å². The Morgan fingerprint density at radius 2 is 2.06 bits per heavy atom. The molecule has 17 heavy (non-hydrogen) atoms. The molecule has 2 nitrogen and oxygen atoms in total. The molecule has 0 saturated carbocycles. The lowest BCUT2D eigenvalue weighted by Crippen LogP contribution is -2.33. The van der Waals surface area contributed by atoms with Gasteiger partial charge in [0, 0.05) is 25.2 Å². The van der Waals surface area contributed by atoms with Crippen molar-refractivity contribution in [2.75, 3.05) is 30.4 Å². The van der Waals surface area contributed by atoms with Crippen molar-refractivity contribution in [3.63, 3.8) is 0 Å². The third-order valence-corrected chi connectivity index (χ3v) is 4.00. The van der Waals surface area contributed by atoms with Crippen LogP contribution in [0, 0.1) is 5.92 Å². The SMILES string of the molecule is CCC1CCN(c2ccc(Cl)cc2NC)CC1. The van der Waals surface area contributed by atoms with Gasteiger partial charge in [0.05, 0.1) is 11.4 Å². The van der Waals surface area contributed by atoms with Gasteiger partial charge in [-0.1, -0.05) is 24.9 Å². The first-order chi connectivity index (χ1) is 8.24. The van der Waals surface area contributed by atoms with E-state index in [0.717, 1.165) is 29.7 Å². The molecule has 0 atom stereocenters. The van der Waals surface area contributed by atoms with Crippen molar-refractivity contribution in [3.05, 3.63) is 23.2 Å². The molecule has 1 saturated heterocycles. The Morgan fingerprint density at radius 3 is 2.65 bits per heavy atom. The number of rotatable bonds is 3. The Bertz CT molecular complexity index is 370. The van der Waals surface area contributed by atoms with Crippen molar-refractivity contribution in [1.29, 1.82) is 0 Å². The molecule has 3 heteroatoms. The molecule has 1 heterocycles. The Morgan fingerprint density at radius 1 is 1.35 bits per heavy atom. The average Bonchev–Trinajstić information content (AvgIpc) is 2.39. The van der Waals surface area contributed by atoms with Crippen molar-refractivity contribution in [3.8, 4) is 0 Å². The van der Waals surface area contributed by atoms with E-state index in [1.54, 1.807) is 0 Å². The van der Waals surface area contributed by atoms with Gasteiger partial charge in [-0.15, -0.1) is 0 Å². The smallest absolute Gasteiger partial charge is 0.0602 e. The summed E-state index contributed by atoms with van der Waals surface area (Å²) in [4.78, 5) is 2.47. The first kappa shape index (κ1) is 12.6. The third-order valence-electron chi connectivity index (χ3n) is 3.76. The van der Waals surface area contributed by atoms with Gasteiger partial charge in [-0.05, 0) is 37.0 Å². The Kier molecular flexibility index (Phi) is 4.16. The number of halogens is 1. The van der Waals surface area contributed by atoms with Gasteiger partial charge in [0.2, 0.25) is 0 Å². The highest BCUT2D eigenvalue weighted by Gasteiger charge is 2.19. The van der Waals surface area contributed by atoms with Crippen molar-refractivity contribution in [2.45, 2.75) is 26.2 Å². The van der Waals surface area contributed by atoms with Gasteiger partial charge in [-0.3, -0.25) is 0 Å². The Labute approximate surface area is 109 Å². The number of hydrogen-bond donors (Lipinski definition) is 1. The monoisotopic (exact) mass is 252 g/mol. The van der Waals surface area contributed by atoms with Gasteiger partial charge in [0.1, 0.15) is 0 Å². The van der Waals surface area contributed by atoms with Crippen LogP contribution in [0.25, 0.3) is 0 Å². The lowest BCUT2D eigenvalue weighted by Gasteiger charge is -2.34. The number of piperidine rings is 1. The summed E-state index contributed by atoms with van der Waals surface area (Å²) < 4.78 is 0. The molecule has 0 radical (unpaired) electrons. The lowest BCUT2D eigenvalue weighted by atomic mass is 9.94. The van der Waals surface area contributed by atoms with Crippen LogP contribution in [0.4, 0.5) is 11.4 Å². The summed E-state index contributed by atoms with van der Waals surface area (Å²) in [5.74, 6) is 0.914. The zero-order valence-corrected chi connectivity index (χ0v) is 11.4. The highest BCUT2D eigenvalue weighted by Crippen LogP contribution is 2.32. The fourth-order valence-corrected chi connectivity index (χ4v) is 2.74. The van der Waals surface area contributed by atoms with Crippen LogP contribution in [0.2, 0.25) is 5.02 Å². The molecule has 0 aromatic heterocycles. The first-order valence-electron chi connectivity index (χ1n) is 6.46. The Balaban J connectivity index is 2.12. The second-order valence-corrected chi connectivity index (χ2v) is 5.19. The van der Waals surface area contributed by atoms with E-state index in [1.807, 2.05) is 19.2 Å². The molecule has 1 aromatic rings. The summed E-state index contributed by atoms with van der Waals surface area (Å²) in [6.07, 6.45) is 3.93. The van der Waals surface area contributed by atoms with Crippen LogP contribution < -0.4 is 10.2 Å². The average molecular weight is 253 g/mol. The molecular weight excluding hydrogens is 232 g/mol. The predicted molar refractivity (Wildman–Crippen MR) is 76.2 cm³/mol. The summed E-state index contributed by atoms with van der Waals surface area (Å²) in [5, 5.41) is 4.03. The third kappa shape index (κ3) is 2.86. The van der Waals surface area contributed by atoms with E-state index in [0.29, 0.717) is 0 Å². The van der Waals surface area contributed by atoms with Crippen LogP contribution in [-0.2, 0) is 0 Å². The molecule has 0 amide bonds. The molecule has 0 spiro atoms. The highest BCUT2D eigenvalue weighted by atomic mass is 35.5. The summed E-state index contributed by atoms with van der Waals surface area (Å²) in [7, 11) is 1.95. The number of anilines is 2. The second-order valence-electron chi connectivity index (χ2n) is 4.75. The molecule has 1 fully saturated rings. The van der Waals surface area contributed by atoms with E-state index in [2.05, 4.69) is 23.2 Å². The van der Waals surface area contributed by atoms with E-state index < -0.39 is 0 Å². The molecule has 0 unspecified atom stereocenters. The minimum Gasteiger partial charge on any atom is -0.386 e. The minimum absolute atomic E-state index is 0.793. The van der Waals surface area contributed by atoms with Crippen molar-refractivity contribution < 1.29 is 0 Å². The maximum absolute atomic E-state index is 6.02. The van der Waals surface area contributed by atoms with Crippen LogP contribution in [0.1, 0.15) is 26.2 Å². The van der Waals surface area contributed by atoms with Gasteiger partial charge < -0.3 is 10.2 Å². The zero-order valence-electron chi connectivity index (χ0n) is 10.7. The van der Waals surface area contributed by atoms with Gasteiger partial charge in [0.15, 0.2) is 0 Å². The summed E-state index contributed by atoms with van der Waals surface area (Å²) in [5.41, 5.74) is 2.42. The molecule has 1 aliphatic rings. The molecule has 1 aliphatic heterocycles. The van der Waals surface area contributed by atoms with Crippen LogP contribution in [0.3, 0.4) is 0 Å². The van der Waals surface area contributed by atoms with E-state index in [4.69, 9.17) is 11.6 Å². The molecule has 94 valence electrons. The fourth-order valence-electron chi connectivity index (χ4n) is 2.57. The van der Waals surface area contributed by atoms with E-state index >= 15 is 0 Å². The molecule has 1 aromatic carbocycles. The maximum atomic E-state index is 6.02. The van der Waals surface area contributed by atoms with E-state index in [-0.39, 0.29) is 0 Å². The highest BCUT2D eigenvalue weighted by molar-refractivity contribution is 6.31. The zero-order chi connectivity index (χ0) is 12.3. The van der Waals surface area contributed by atoms with Crippen LogP contribution in [0.15, 0.2) is 18.2 Å².